The lowest BCUT2D eigenvalue weighted by Crippen LogP contribution is -2.31. The van der Waals surface area contributed by atoms with Crippen LogP contribution in [-0.2, 0) is 4.79 Å². The number of carbonyl (C=O) groups excluding carboxylic acids is 1. The zero-order valence-electron chi connectivity index (χ0n) is 15.9. The van der Waals surface area contributed by atoms with Crippen molar-refractivity contribution in [2.75, 3.05) is 12.4 Å². The fourth-order valence-corrected chi connectivity index (χ4v) is 4.06. The summed E-state index contributed by atoms with van der Waals surface area (Å²) >= 11 is 0. The zero-order valence-corrected chi connectivity index (χ0v) is 15.9. The summed E-state index contributed by atoms with van der Waals surface area (Å²) in [6.45, 7) is 0. The van der Waals surface area contributed by atoms with Crippen molar-refractivity contribution in [1.29, 1.82) is 0 Å². The molecule has 2 aromatic carbocycles. The maximum atomic E-state index is 13.3. The Balaban J connectivity index is 1.70. The Kier molecular flexibility index (Phi) is 4.16. The number of ether oxygens (including phenoxy) is 1. The van der Waals surface area contributed by atoms with E-state index in [-0.39, 0.29) is 11.6 Å². The second-order valence-electron chi connectivity index (χ2n) is 7.15. The Labute approximate surface area is 167 Å². The molecule has 1 atom stereocenters. The summed E-state index contributed by atoms with van der Waals surface area (Å²) in [6, 6.07) is 13.3. The Morgan fingerprint density at radius 3 is 2.72 bits per heavy atom. The van der Waals surface area contributed by atoms with Gasteiger partial charge < -0.3 is 10.1 Å². The van der Waals surface area contributed by atoms with Gasteiger partial charge in [-0.25, -0.2) is 9.07 Å². The second kappa shape index (κ2) is 6.84. The molecule has 1 aliphatic carbocycles. The van der Waals surface area contributed by atoms with E-state index in [1.807, 2.05) is 24.3 Å². The number of methoxy groups -OCH3 is 1. The van der Waals surface area contributed by atoms with Crippen LogP contribution in [0.2, 0.25) is 0 Å². The molecule has 3 aromatic rings. The predicted molar refractivity (Wildman–Crippen MR) is 106 cm³/mol. The monoisotopic (exact) mass is 390 g/mol. The minimum atomic E-state index is -0.424. The molecule has 1 aliphatic heterocycles. The van der Waals surface area contributed by atoms with Crippen LogP contribution in [0.3, 0.4) is 0 Å². The quantitative estimate of drug-likeness (QED) is 0.729. The lowest BCUT2D eigenvalue weighted by molar-refractivity contribution is -0.116. The van der Waals surface area contributed by atoms with Crippen LogP contribution in [0.5, 0.6) is 5.75 Å². The smallest absolute Gasteiger partial charge is 0.226 e. The molecule has 0 spiro atoms. The fourth-order valence-electron chi connectivity index (χ4n) is 4.06. The van der Waals surface area contributed by atoms with Crippen LogP contribution in [0.1, 0.15) is 30.9 Å². The van der Waals surface area contributed by atoms with Crippen LogP contribution < -0.4 is 10.1 Å². The van der Waals surface area contributed by atoms with Crippen LogP contribution >= 0.6 is 0 Å². The number of benzene rings is 2. The van der Waals surface area contributed by atoms with Gasteiger partial charge in [0, 0.05) is 28.8 Å². The van der Waals surface area contributed by atoms with Gasteiger partial charge in [0.1, 0.15) is 17.6 Å². The predicted octanol–water partition coefficient (Wildman–Crippen LogP) is 4.11. The first kappa shape index (κ1) is 17.6. The molecule has 1 aromatic heterocycles. The largest absolute Gasteiger partial charge is 0.496 e. The lowest BCUT2D eigenvalue weighted by atomic mass is 9.85. The Hall–Kier alpha value is -3.48. The number of carbonyl (C=O) groups is 1. The third kappa shape index (κ3) is 2.90. The Morgan fingerprint density at radius 2 is 1.93 bits per heavy atom. The van der Waals surface area contributed by atoms with Crippen LogP contribution in [0.4, 0.5) is 10.3 Å². The maximum absolute atomic E-state index is 13.3. The summed E-state index contributed by atoms with van der Waals surface area (Å²) in [6.07, 6.45) is 2.11. The molecule has 0 radical (unpaired) electrons. The minimum absolute atomic E-state index is 0.110. The molecule has 6 nitrogen and oxygen atoms in total. The summed E-state index contributed by atoms with van der Waals surface area (Å²) < 4.78 is 20.6. The van der Waals surface area contributed by atoms with Crippen LogP contribution in [-0.4, -0.2) is 27.7 Å². The van der Waals surface area contributed by atoms with Gasteiger partial charge in [-0.1, -0.05) is 18.2 Å². The van der Waals surface area contributed by atoms with Crippen molar-refractivity contribution in [3.05, 3.63) is 71.2 Å². The average molecular weight is 390 g/mol. The highest BCUT2D eigenvalue weighted by atomic mass is 19.1. The number of anilines is 1. The third-order valence-electron chi connectivity index (χ3n) is 5.40. The third-order valence-corrected chi connectivity index (χ3v) is 5.40. The number of hydrogen-bond donors (Lipinski definition) is 1. The standard InChI is InChI=1S/C22H19FN4O2/c1-29-18-8-3-2-5-15(18)20-19-16(6-4-7-17(19)28)24-22-25-21(26-27(20)22)13-9-11-14(23)12-10-13/h2-3,5,8-12,20H,4,6-7H2,1H3,(H,24,25,26). The molecule has 2 aliphatic rings. The molecule has 0 bridgehead atoms. The first-order valence-electron chi connectivity index (χ1n) is 9.54. The Morgan fingerprint density at radius 1 is 1.14 bits per heavy atom. The van der Waals surface area contributed by atoms with Crippen molar-refractivity contribution >= 4 is 11.7 Å². The number of allylic oxidation sites excluding steroid dienone is 2. The zero-order chi connectivity index (χ0) is 20.0. The number of nitrogens with zero attached hydrogens (tertiary/aromatic N) is 3. The number of rotatable bonds is 3. The van der Waals surface area contributed by atoms with Crippen molar-refractivity contribution < 1.29 is 13.9 Å². The molecule has 1 N–H and O–H groups in total. The number of aromatic nitrogens is 3. The van der Waals surface area contributed by atoms with Crippen molar-refractivity contribution in [2.24, 2.45) is 0 Å². The molecule has 29 heavy (non-hydrogen) atoms. The van der Waals surface area contributed by atoms with Gasteiger partial charge in [-0.15, -0.1) is 5.10 Å². The van der Waals surface area contributed by atoms with Crippen LogP contribution in [0, 0.1) is 5.82 Å². The SMILES string of the molecule is COc1ccccc1C1C2=C(CCCC2=O)Nc2nc(-c3ccc(F)cc3)nn21. The maximum Gasteiger partial charge on any atom is 0.226 e. The Bertz CT molecular complexity index is 1130. The molecular formula is C22H19FN4O2. The molecule has 5 rings (SSSR count). The molecule has 7 heteroatoms. The highest BCUT2D eigenvalue weighted by Gasteiger charge is 2.38. The van der Waals surface area contributed by atoms with E-state index >= 15 is 0 Å². The highest BCUT2D eigenvalue weighted by molar-refractivity contribution is 5.99. The molecule has 0 saturated heterocycles. The van der Waals surface area contributed by atoms with Gasteiger partial charge in [-0.05, 0) is 43.2 Å². The van der Waals surface area contributed by atoms with Crippen molar-refractivity contribution in [3.8, 4) is 17.1 Å². The van der Waals surface area contributed by atoms with E-state index in [2.05, 4.69) is 15.4 Å². The highest BCUT2D eigenvalue weighted by Crippen LogP contribution is 2.43. The number of nitrogens with one attached hydrogen (secondary N) is 1. The molecule has 1 unspecified atom stereocenters. The number of fused-ring (bicyclic) bond motifs is 1. The molecule has 2 heterocycles. The summed E-state index contributed by atoms with van der Waals surface area (Å²) in [5.41, 5.74) is 3.17. The van der Waals surface area contributed by atoms with Gasteiger partial charge in [0.05, 0.1) is 7.11 Å². The van der Waals surface area contributed by atoms with E-state index in [0.717, 1.165) is 24.1 Å². The second-order valence-corrected chi connectivity index (χ2v) is 7.15. The topological polar surface area (TPSA) is 69.0 Å². The summed E-state index contributed by atoms with van der Waals surface area (Å²) in [5.74, 6) is 1.52. The number of Topliss-reactive ketones (excluding diaryl/α,β-unsaturated/α-hetero) is 1. The number of hydrogen-bond acceptors (Lipinski definition) is 5. The fraction of sp³-hybridized carbons (Fsp3) is 0.227. The number of ketones is 1. The van der Waals surface area contributed by atoms with Crippen molar-refractivity contribution in [3.63, 3.8) is 0 Å². The van der Waals surface area contributed by atoms with Crippen LogP contribution in [0.15, 0.2) is 59.8 Å². The molecule has 0 fully saturated rings. The van der Waals surface area contributed by atoms with E-state index in [4.69, 9.17) is 4.74 Å². The summed E-state index contributed by atoms with van der Waals surface area (Å²) in [7, 11) is 1.62. The summed E-state index contributed by atoms with van der Waals surface area (Å²) in [5, 5.41) is 7.99. The van der Waals surface area contributed by atoms with Gasteiger partial charge in [-0.3, -0.25) is 4.79 Å². The van der Waals surface area contributed by atoms with E-state index in [1.165, 1.54) is 12.1 Å². The lowest BCUT2D eigenvalue weighted by Gasteiger charge is -2.32. The van der Waals surface area contributed by atoms with E-state index in [0.29, 0.717) is 35.1 Å². The van der Waals surface area contributed by atoms with Gasteiger partial charge in [0.2, 0.25) is 5.95 Å². The summed E-state index contributed by atoms with van der Waals surface area (Å²) in [4.78, 5) is 17.5. The van der Waals surface area contributed by atoms with Gasteiger partial charge in [-0.2, -0.15) is 4.98 Å². The van der Waals surface area contributed by atoms with Crippen LogP contribution in [0.25, 0.3) is 11.4 Å². The normalized spacial score (nSPS) is 18.1. The van der Waals surface area contributed by atoms with E-state index < -0.39 is 6.04 Å². The van der Waals surface area contributed by atoms with Crippen molar-refractivity contribution in [2.45, 2.75) is 25.3 Å². The molecule has 146 valence electrons. The van der Waals surface area contributed by atoms with Gasteiger partial charge in [0.15, 0.2) is 11.6 Å². The molecular weight excluding hydrogens is 371 g/mol. The van der Waals surface area contributed by atoms with Gasteiger partial charge in [0.25, 0.3) is 0 Å². The molecule has 0 amide bonds. The van der Waals surface area contributed by atoms with Crippen molar-refractivity contribution in [1.82, 2.24) is 14.8 Å². The molecule has 0 saturated carbocycles. The first-order valence-corrected chi connectivity index (χ1v) is 9.54. The minimum Gasteiger partial charge on any atom is -0.496 e. The van der Waals surface area contributed by atoms with Gasteiger partial charge >= 0.3 is 0 Å². The number of halogens is 1. The first-order chi connectivity index (χ1) is 14.2. The average Bonchev–Trinajstić information content (AvgIpc) is 3.16. The van der Waals surface area contributed by atoms with E-state index in [9.17, 15) is 9.18 Å². The van der Waals surface area contributed by atoms with E-state index in [1.54, 1.807) is 23.9 Å². The number of para-hydroxylation sites is 1.